The molecular formula is C23H33N5O2. The molecule has 3 heterocycles. The van der Waals surface area contributed by atoms with Crippen molar-refractivity contribution >= 4 is 16.6 Å². The molecule has 1 saturated carbocycles. The first-order chi connectivity index (χ1) is 14.8. The number of anilines is 1. The Morgan fingerprint density at radius 1 is 0.967 bits per heavy atom. The van der Waals surface area contributed by atoms with Gasteiger partial charge < -0.3 is 9.64 Å². The van der Waals surface area contributed by atoms with Crippen LogP contribution in [-0.2, 0) is 11.3 Å². The molecule has 0 N–H and O–H groups in total. The zero-order valence-corrected chi connectivity index (χ0v) is 17.8. The summed E-state index contributed by atoms with van der Waals surface area (Å²) in [5, 5.41) is 0.738. The molecule has 1 aliphatic carbocycles. The van der Waals surface area contributed by atoms with E-state index < -0.39 is 0 Å². The summed E-state index contributed by atoms with van der Waals surface area (Å²) in [7, 11) is 0. The number of fused-ring (bicyclic) bond motifs is 1. The summed E-state index contributed by atoms with van der Waals surface area (Å²) in [5.41, 5.74) is 2.09. The van der Waals surface area contributed by atoms with E-state index in [1.165, 1.54) is 18.5 Å². The van der Waals surface area contributed by atoms with Gasteiger partial charge in [-0.2, -0.15) is 0 Å². The van der Waals surface area contributed by atoms with Crippen LogP contribution in [-0.4, -0.2) is 84.9 Å². The van der Waals surface area contributed by atoms with Crippen LogP contribution < -0.4 is 10.5 Å². The van der Waals surface area contributed by atoms with Gasteiger partial charge in [0.1, 0.15) is 0 Å². The minimum Gasteiger partial charge on any atom is -0.380 e. The predicted octanol–water partition coefficient (Wildman–Crippen LogP) is 1.65. The molecule has 0 spiro atoms. The molecule has 1 aromatic heterocycles. The number of hydrogen-bond donors (Lipinski definition) is 0. The minimum atomic E-state index is 0.0992. The average Bonchev–Trinajstić information content (AvgIpc) is 3.62. The van der Waals surface area contributed by atoms with Crippen LogP contribution in [0.4, 0.5) is 5.69 Å². The number of benzene rings is 1. The molecule has 0 bridgehead atoms. The largest absolute Gasteiger partial charge is 0.380 e. The summed E-state index contributed by atoms with van der Waals surface area (Å²) in [6, 6.07) is 6.15. The molecule has 5 rings (SSSR count). The quantitative estimate of drug-likeness (QED) is 0.721. The van der Waals surface area contributed by atoms with Crippen molar-refractivity contribution in [1.82, 2.24) is 19.4 Å². The van der Waals surface area contributed by atoms with Crippen LogP contribution in [0.15, 0.2) is 29.3 Å². The second-order valence-electron chi connectivity index (χ2n) is 8.98. The van der Waals surface area contributed by atoms with Gasteiger partial charge in [-0.3, -0.25) is 19.2 Å². The van der Waals surface area contributed by atoms with Crippen molar-refractivity contribution in [3.05, 3.63) is 34.9 Å². The Kier molecular flexibility index (Phi) is 6.02. The highest BCUT2D eigenvalue weighted by atomic mass is 16.5. The average molecular weight is 412 g/mol. The summed E-state index contributed by atoms with van der Waals surface area (Å²) < 4.78 is 7.34. The molecule has 0 unspecified atom stereocenters. The molecule has 0 atom stereocenters. The topological polar surface area (TPSA) is 53.8 Å². The van der Waals surface area contributed by atoms with E-state index in [1.54, 1.807) is 10.9 Å². The highest BCUT2D eigenvalue weighted by Gasteiger charge is 2.23. The third kappa shape index (κ3) is 4.68. The Hall–Kier alpha value is -1.96. The van der Waals surface area contributed by atoms with Crippen LogP contribution in [0.25, 0.3) is 10.9 Å². The van der Waals surface area contributed by atoms with Gasteiger partial charge in [-0.15, -0.1) is 0 Å². The first-order valence-electron chi connectivity index (χ1n) is 11.5. The lowest BCUT2D eigenvalue weighted by atomic mass is 10.2. The van der Waals surface area contributed by atoms with Crippen molar-refractivity contribution in [3.8, 4) is 0 Å². The SMILES string of the molecule is O=c1c2ccc(N3CCN(CCN4CCCOCC4)CC3)cc2ncn1CC1CC1. The van der Waals surface area contributed by atoms with Crippen LogP contribution in [0.1, 0.15) is 19.3 Å². The van der Waals surface area contributed by atoms with Crippen LogP contribution in [0.3, 0.4) is 0 Å². The van der Waals surface area contributed by atoms with Gasteiger partial charge in [-0.1, -0.05) is 0 Å². The Morgan fingerprint density at radius 2 is 1.77 bits per heavy atom. The van der Waals surface area contributed by atoms with E-state index in [1.807, 2.05) is 6.07 Å². The Bertz CT molecular complexity index is 909. The fourth-order valence-electron chi connectivity index (χ4n) is 4.59. The zero-order valence-electron chi connectivity index (χ0n) is 17.8. The first-order valence-corrected chi connectivity index (χ1v) is 11.5. The van der Waals surface area contributed by atoms with Crippen LogP contribution in [0, 0.1) is 5.92 Å². The Labute approximate surface area is 178 Å². The maximum Gasteiger partial charge on any atom is 0.261 e. The lowest BCUT2D eigenvalue weighted by Gasteiger charge is -2.37. The normalized spacial score (nSPS) is 21.8. The monoisotopic (exact) mass is 411 g/mol. The third-order valence-electron chi connectivity index (χ3n) is 6.75. The molecule has 2 saturated heterocycles. The van der Waals surface area contributed by atoms with E-state index in [0.29, 0.717) is 5.92 Å². The van der Waals surface area contributed by atoms with E-state index in [9.17, 15) is 4.79 Å². The van der Waals surface area contributed by atoms with E-state index in [2.05, 4.69) is 31.8 Å². The molecule has 162 valence electrons. The van der Waals surface area contributed by atoms with Crippen molar-refractivity contribution < 1.29 is 4.74 Å². The maximum absolute atomic E-state index is 12.7. The fraction of sp³-hybridized carbons (Fsp3) is 0.652. The third-order valence-corrected chi connectivity index (χ3v) is 6.75. The summed E-state index contributed by atoms with van der Waals surface area (Å²) in [5.74, 6) is 0.671. The van der Waals surface area contributed by atoms with E-state index in [4.69, 9.17) is 4.74 Å². The maximum atomic E-state index is 12.7. The van der Waals surface area contributed by atoms with Gasteiger partial charge in [0.15, 0.2) is 0 Å². The number of hydrogen-bond acceptors (Lipinski definition) is 6. The number of rotatable bonds is 6. The molecule has 1 aromatic carbocycles. The minimum absolute atomic E-state index is 0.0992. The summed E-state index contributed by atoms with van der Waals surface area (Å²) >= 11 is 0. The molecule has 7 nitrogen and oxygen atoms in total. The molecule has 3 aliphatic rings. The molecular weight excluding hydrogens is 378 g/mol. The van der Waals surface area contributed by atoms with Crippen molar-refractivity contribution in [2.75, 3.05) is 70.5 Å². The lowest BCUT2D eigenvalue weighted by molar-refractivity contribution is 0.137. The molecule has 0 radical (unpaired) electrons. The van der Waals surface area contributed by atoms with E-state index in [0.717, 1.165) is 89.4 Å². The van der Waals surface area contributed by atoms with Crippen molar-refractivity contribution in [2.45, 2.75) is 25.8 Å². The fourth-order valence-corrected chi connectivity index (χ4v) is 4.59. The van der Waals surface area contributed by atoms with Gasteiger partial charge in [0.05, 0.1) is 23.8 Å². The number of aromatic nitrogens is 2. The molecule has 2 aromatic rings. The predicted molar refractivity (Wildman–Crippen MR) is 119 cm³/mol. The van der Waals surface area contributed by atoms with Gasteiger partial charge in [0, 0.05) is 71.2 Å². The number of ether oxygens (including phenoxy) is 1. The van der Waals surface area contributed by atoms with Crippen LogP contribution in [0.5, 0.6) is 0 Å². The van der Waals surface area contributed by atoms with Crippen molar-refractivity contribution in [2.24, 2.45) is 5.92 Å². The standard InChI is InChI=1S/C23H33N5O2/c29-23-21-5-4-20(16-22(21)24-18-28(23)17-19-2-3-19)27-11-9-26(10-12-27)8-7-25-6-1-14-30-15-13-25/h4-5,16,18-19H,1-3,6-15,17H2. The number of nitrogens with zero attached hydrogens (tertiary/aromatic N) is 5. The van der Waals surface area contributed by atoms with E-state index in [-0.39, 0.29) is 5.56 Å². The van der Waals surface area contributed by atoms with E-state index >= 15 is 0 Å². The smallest absolute Gasteiger partial charge is 0.261 e. The highest BCUT2D eigenvalue weighted by Crippen LogP contribution is 2.30. The molecule has 30 heavy (non-hydrogen) atoms. The highest BCUT2D eigenvalue weighted by molar-refractivity contribution is 5.81. The summed E-state index contributed by atoms with van der Waals surface area (Å²) in [6.45, 7) is 11.3. The second kappa shape index (κ2) is 9.04. The molecule has 0 amide bonds. The lowest BCUT2D eigenvalue weighted by Crippen LogP contribution is -2.48. The first kappa shape index (κ1) is 20.0. The van der Waals surface area contributed by atoms with Gasteiger partial charge in [-0.05, 0) is 43.4 Å². The molecule has 2 aliphatic heterocycles. The van der Waals surface area contributed by atoms with Gasteiger partial charge in [-0.25, -0.2) is 4.98 Å². The van der Waals surface area contributed by atoms with Gasteiger partial charge in [0.25, 0.3) is 5.56 Å². The molecule has 7 heteroatoms. The van der Waals surface area contributed by atoms with Gasteiger partial charge >= 0.3 is 0 Å². The van der Waals surface area contributed by atoms with Crippen molar-refractivity contribution in [3.63, 3.8) is 0 Å². The zero-order chi connectivity index (χ0) is 20.3. The Balaban J connectivity index is 1.17. The second-order valence-corrected chi connectivity index (χ2v) is 8.98. The van der Waals surface area contributed by atoms with Crippen molar-refractivity contribution in [1.29, 1.82) is 0 Å². The van der Waals surface area contributed by atoms with Crippen LogP contribution >= 0.6 is 0 Å². The summed E-state index contributed by atoms with van der Waals surface area (Å²) in [4.78, 5) is 24.9. The van der Waals surface area contributed by atoms with Crippen LogP contribution in [0.2, 0.25) is 0 Å². The molecule has 3 fully saturated rings. The summed E-state index contributed by atoms with van der Waals surface area (Å²) in [6.07, 6.45) is 5.36. The Morgan fingerprint density at radius 3 is 2.57 bits per heavy atom. The van der Waals surface area contributed by atoms with Gasteiger partial charge in [0.2, 0.25) is 0 Å². The number of piperazine rings is 1.